The number of rotatable bonds is 3. The van der Waals surface area contributed by atoms with Crippen LogP contribution in [0, 0.1) is 12.8 Å². The van der Waals surface area contributed by atoms with E-state index in [0.717, 1.165) is 17.8 Å². The van der Waals surface area contributed by atoms with Crippen molar-refractivity contribution in [2.75, 3.05) is 6.54 Å². The van der Waals surface area contributed by atoms with Crippen LogP contribution < -0.4 is 0 Å². The molecule has 5 nitrogen and oxygen atoms in total. The first kappa shape index (κ1) is 15.0. The van der Waals surface area contributed by atoms with Gasteiger partial charge in [0, 0.05) is 6.54 Å². The van der Waals surface area contributed by atoms with Gasteiger partial charge in [0.1, 0.15) is 10.9 Å². The quantitative estimate of drug-likeness (QED) is 0.929. The highest BCUT2D eigenvalue weighted by molar-refractivity contribution is 7.13. The van der Waals surface area contributed by atoms with Crippen molar-refractivity contribution in [1.82, 2.24) is 9.88 Å². The molecular weight excluding hydrogens is 276 g/mol. The summed E-state index contributed by atoms with van der Waals surface area (Å²) in [5, 5.41) is 10.3. The maximum atomic E-state index is 12.6. The summed E-state index contributed by atoms with van der Waals surface area (Å²) in [4.78, 5) is 30.4. The van der Waals surface area contributed by atoms with Gasteiger partial charge in [0.05, 0.1) is 10.7 Å². The number of aliphatic carboxylic acids is 1. The van der Waals surface area contributed by atoms with Crippen LogP contribution in [-0.2, 0) is 11.2 Å². The Morgan fingerprint density at radius 2 is 2.20 bits per heavy atom. The molecule has 1 aliphatic heterocycles. The van der Waals surface area contributed by atoms with Crippen LogP contribution in [0.25, 0.3) is 0 Å². The Hall–Kier alpha value is -1.43. The zero-order valence-corrected chi connectivity index (χ0v) is 12.9. The number of aromatic nitrogens is 1. The largest absolute Gasteiger partial charge is 0.480 e. The van der Waals surface area contributed by atoms with Gasteiger partial charge in [-0.05, 0) is 32.1 Å². The molecule has 0 radical (unpaired) electrons. The molecule has 1 N–H and O–H groups in total. The number of hydrogen-bond acceptors (Lipinski definition) is 4. The standard InChI is InChI=1S/C14H20N2O3S/c1-4-11-15-9(3)12(20-11)13(17)16-6-5-8(2)7-10(16)14(18)19/h8,10H,4-7H2,1-3H3,(H,18,19). The summed E-state index contributed by atoms with van der Waals surface area (Å²) in [5.74, 6) is -0.754. The Labute approximate surface area is 122 Å². The SMILES string of the molecule is CCc1nc(C)c(C(=O)N2CCC(C)CC2C(=O)O)s1. The number of likely N-dealkylation sites (tertiary alicyclic amines) is 1. The Balaban J connectivity index is 2.26. The lowest BCUT2D eigenvalue weighted by molar-refractivity contribution is -0.144. The predicted molar refractivity (Wildman–Crippen MR) is 77.1 cm³/mol. The van der Waals surface area contributed by atoms with E-state index in [1.165, 1.54) is 16.2 Å². The number of piperidine rings is 1. The number of thiazole rings is 1. The third-order valence-corrected chi connectivity index (χ3v) is 5.04. The molecule has 1 amide bonds. The number of carbonyl (C=O) groups is 2. The third-order valence-electron chi connectivity index (χ3n) is 3.75. The lowest BCUT2D eigenvalue weighted by Crippen LogP contribution is -2.49. The topological polar surface area (TPSA) is 70.5 Å². The number of amides is 1. The second kappa shape index (κ2) is 5.91. The van der Waals surface area contributed by atoms with Crippen LogP contribution >= 0.6 is 11.3 Å². The molecule has 0 spiro atoms. The van der Waals surface area contributed by atoms with Gasteiger partial charge in [-0.1, -0.05) is 13.8 Å². The van der Waals surface area contributed by atoms with Crippen molar-refractivity contribution in [3.8, 4) is 0 Å². The summed E-state index contributed by atoms with van der Waals surface area (Å²) in [5.41, 5.74) is 0.708. The second-order valence-corrected chi connectivity index (χ2v) is 6.44. The molecule has 110 valence electrons. The molecule has 1 fully saturated rings. The van der Waals surface area contributed by atoms with Crippen LogP contribution in [0.2, 0.25) is 0 Å². The average Bonchev–Trinajstić information content (AvgIpc) is 2.79. The molecule has 0 bridgehead atoms. The number of nitrogens with zero attached hydrogens (tertiary/aromatic N) is 2. The van der Waals surface area contributed by atoms with Gasteiger partial charge in [-0.3, -0.25) is 4.79 Å². The molecule has 1 saturated heterocycles. The average molecular weight is 296 g/mol. The molecule has 2 heterocycles. The molecule has 1 aromatic rings. The zero-order chi connectivity index (χ0) is 14.9. The van der Waals surface area contributed by atoms with Crippen molar-refractivity contribution in [2.45, 2.75) is 46.1 Å². The van der Waals surface area contributed by atoms with Crippen molar-refractivity contribution < 1.29 is 14.7 Å². The Kier molecular flexibility index (Phi) is 4.42. The number of carbonyl (C=O) groups excluding carboxylic acids is 1. The minimum atomic E-state index is -0.914. The molecule has 2 atom stereocenters. The summed E-state index contributed by atoms with van der Waals surface area (Å²) in [7, 11) is 0. The number of carboxylic acid groups (broad SMARTS) is 1. The predicted octanol–water partition coefficient (Wildman–Crippen LogP) is 2.34. The zero-order valence-electron chi connectivity index (χ0n) is 12.0. The molecule has 1 aliphatic rings. The monoisotopic (exact) mass is 296 g/mol. The van der Waals surface area contributed by atoms with E-state index in [4.69, 9.17) is 0 Å². The molecular formula is C14H20N2O3S. The summed E-state index contributed by atoms with van der Waals surface area (Å²) in [6.45, 7) is 6.35. The van der Waals surface area contributed by atoms with Gasteiger partial charge in [0.25, 0.3) is 5.91 Å². The molecule has 0 aliphatic carbocycles. The van der Waals surface area contributed by atoms with E-state index in [1.54, 1.807) is 0 Å². The molecule has 0 saturated carbocycles. The fourth-order valence-electron chi connectivity index (χ4n) is 2.55. The first-order chi connectivity index (χ1) is 9.43. The molecule has 2 unspecified atom stereocenters. The number of hydrogen-bond donors (Lipinski definition) is 1. The van der Waals surface area contributed by atoms with Gasteiger partial charge in [0.2, 0.25) is 0 Å². The molecule has 6 heteroatoms. The van der Waals surface area contributed by atoms with Gasteiger partial charge >= 0.3 is 5.97 Å². The van der Waals surface area contributed by atoms with Gasteiger partial charge in [-0.15, -0.1) is 11.3 Å². The fraction of sp³-hybridized carbons (Fsp3) is 0.643. The van der Waals surface area contributed by atoms with Crippen molar-refractivity contribution in [3.05, 3.63) is 15.6 Å². The summed E-state index contributed by atoms with van der Waals surface area (Å²) in [6.07, 6.45) is 2.17. The van der Waals surface area contributed by atoms with E-state index in [0.29, 0.717) is 29.5 Å². The lowest BCUT2D eigenvalue weighted by atomic mass is 9.92. The molecule has 0 aromatic carbocycles. The molecule has 2 rings (SSSR count). The van der Waals surface area contributed by atoms with Gasteiger partial charge in [-0.25, -0.2) is 9.78 Å². The van der Waals surface area contributed by atoms with Crippen LogP contribution in [0.1, 0.15) is 47.1 Å². The first-order valence-corrected chi connectivity index (χ1v) is 7.75. The minimum absolute atomic E-state index is 0.181. The van der Waals surface area contributed by atoms with Crippen LogP contribution in [0.15, 0.2) is 0 Å². The van der Waals surface area contributed by atoms with E-state index in [1.807, 2.05) is 20.8 Å². The van der Waals surface area contributed by atoms with Gasteiger partial charge < -0.3 is 10.0 Å². The normalized spacial score (nSPS) is 22.9. The number of carboxylic acids is 1. The van der Waals surface area contributed by atoms with Gasteiger partial charge in [-0.2, -0.15) is 0 Å². The van der Waals surface area contributed by atoms with Crippen LogP contribution in [0.3, 0.4) is 0 Å². The van der Waals surface area contributed by atoms with Crippen LogP contribution in [-0.4, -0.2) is 39.5 Å². The maximum absolute atomic E-state index is 12.6. The Morgan fingerprint density at radius 3 is 2.75 bits per heavy atom. The van der Waals surface area contributed by atoms with Crippen molar-refractivity contribution in [3.63, 3.8) is 0 Å². The summed E-state index contributed by atoms with van der Waals surface area (Å²) >= 11 is 1.38. The maximum Gasteiger partial charge on any atom is 0.326 e. The van der Waals surface area contributed by atoms with Gasteiger partial charge in [0.15, 0.2) is 0 Å². The van der Waals surface area contributed by atoms with E-state index in [-0.39, 0.29) is 5.91 Å². The van der Waals surface area contributed by atoms with Crippen molar-refractivity contribution in [1.29, 1.82) is 0 Å². The summed E-state index contributed by atoms with van der Waals surface area (Å²) in [6, 6.07) is -0.710. The van der Waals surface area contributed by atoms with Crippen molar-refractivity contribution in [2.24, 2.45) is 5.92 Å². The van der Waals surface area contributed by atoms with Crippen LogP contribution in [0.4, 0.5) is 0 Å². The van der Waals surface area contributed by atoms with Crippen molar-refractivity contribution >= 4 is 23.2 Å². The van der Waals surface area contributed by atoms with E-state index >= 15 is 0 Å². The third kappa shape index (κ3) is 2.85. The molecule has 20 heavy (non-hydrogen) atoms. The number of aryl methyl sites for hydroxylation is 2. The Bertz CT molecular complexity index is 526. The second-order valence-electron chi connectivity index (χ2n) is 5.36. The lowest BCUT2D eigenvalue weighted by Gasteiger charge is -2.35. The highest BCUT2D eigenvalue weighted by Gasteiger charge is 2.36. The van der Waals surface area contributed by atoms with E-state index < -0.39 is 12.0 Å². The smallest absolute Gasteiger partial charge is 0.326 e. The summed E-state index contributed by atoms with van der Waals surface area (Å²) < 4.78 is 0. The minimum Gasteiger partial charge on any atom is -0.480 e. The fourth-order valence-corrected chi connectivity index (χ4v) is 3.51. The van der Waals surface area contributed by atoms with Crippen LogP contribution in [0.5, 0.6) is 0 Å². The molecule has 1 aromatic heterocycles. The highest BCUT2D eigenvalue weighted by atomic mass is 32.1. The first-order valence-electron chi connectivity index (χ1n) is 6.94. The van der Waals surface area contributed by atoms with E-state index in [9.17, 15) is 14.7 Å². The highest BCUT2D eigenvalue weighted by Crippen LogP contribution is 2.27. The Morgan fingerprint density at radius 1 is 1.50 bits per heavy atom. The van der Waals surface area contributed by atoms with E-state index in [2.05, 4.69) is 4.98 Å².